The minimum atomic E-state index is 0.666. The first-order chi connectivity index (χ1) is 10.3. The Morgan fingerprint density at radius 1 is 0.857 bits per heavy atom. The highest BCUT2D eigenvalue weighted by Crippen LogP contribution is 2.44. The van der Waals surface area contributed by atoms with Gasteiger partial charge in [0.05, 0.1) is 0 Å². The van der Waals surface area contributed by atoms with E-state index in [-0.39, 0.29) is 0 Å². The molecular formula is C20H39N. The summed E-state index contributed by atoms with van der Waals surface area (Å²) in [4.78, 5) is 0. The first-order valence-corrected chi connectivity index (χ1v) is 10.0. The third-order valence-electron chi connectivity index (χ3n) is 6.04. The van der Waals surface area contributed by atoms with Crippen LogP contribution in [0.2, 0.25) is 0 Å². The Kier molecular flexibility index (Phi) is 7.57. The van der Waals surface area contributed by atoms with E-state index >= 15 is 0 Å². The summed E-state index contributed by atoms with van der Waals surface area (Å²) in [6.07, 6.45) is 20.5. The zero-order valence-electron chi connectivity index (χ0n) is 14.8. The van der Waals surface area contributed by atoms with Gasteiger partial charge >= 0.3 is 0 Å². The molecule has 21 heavy (non-hydrogen) atoms. The molecule has 0 bridgehead atoms. The van der Waals surface area contributed by atoms with Crippen molar-refractivity contribution in [3.05, 3.63) is 0 Å². The fraction of sp³-hybridized carbons (Fsp3) is 1.00. The van der Waals surface area contributed by atoms with E-state index in [4.69, 9.17) is 0 Å². The maximum Gasteiger partial charge on any atom is 0.00684 e. The van der Waals surface area contributed by atoms with Gasteiger partial charge in [0.2, 0.25) is 0 Å². The van der Waals surface area contributed by atoms with Crippen LogP contribution in [0.3, 0.4) is 0 Å². The molecule has 1 N–H and O–H groups in total. The van der Waals surface area contributed by atoms with Gasteiger partial charge in [0.1, 0.15) is 0 Å². The van der Waals surface area contributed by atoms with Gasteiger partial charge in [-0.05, 0) is 56.3 Å². The van der Waals surface area contributed by atoms with Crippen molar-refractivity contribution >= 4 is 0 Å². The van der Waals surface area contributed by atoms with Gasteiger partial charge in [0, 0.05) is 12.6 Å². The topological polar surface area (TPSA) is 12.0 Å². The Labute approximate surface area is 133 Å². The number of hydrogen-bond donors (Lipinski definition) is 1. The van der Waals surface area contributed by atoms with E-state index in [0.29, 0.717) is 5.41 Å². The average Bonchev–Trinajstić information content (AvgIpc) is 3.34. The van der Waals surface area contributed by atoms with Gasteiger partial charge < -0.3 is 5.32 Å². The molecule has 1 nitrogen and oxygen atoms in total. The standard InChI is InChI=1S/C20H39N/c1-3-5-7-8-14-20(17-21-19-10-11-19)15-12-18(13-16-20)9-6-4-2/h18-19,21H,3-17H2,1-2H3. The molecule has 2 fully saturated rings. The molecule has 0 aromatic rings. The Morgan fingerprint density at radius 3 is 2.19 bits per heavy atom. The van der Waals surface area contributed by atoms with Crippen molar-refractivity contribution in [1.82, 2.24) is 5.32 Å². The van der Waals surface area contributed by atoms with E-state index in [1.165, 1.54) is 96.4 Å². The molecule has 0 unspecified atom stereocenters. The summed E-state index contributed by atoms with van der Waals surface area (Å²) in [5, 5.41) is 3.87. The molecular weight excluding hydrogens is 254 g/mol. The molecule has 2 aliphatic rings. The van der Waals surface area contributed by atoms with E-state index in [1.807, 2.05) is 0 Å². The predicted octanol–water partition coefficient (Wildman–Crippen LogP) is 6.08. The van der Waals surface area contributed by atoms with Crippen molar-refractivity contribution in [2.75, 3.05) is 6.54 Å². The van der Waals surface area contributed by atoms with E-state index < -0.39 is 0 Å². The lowest BCUT2D eigenvalue weighted by Crippen LogP contribution is -2.38. The highest BCUT2D eigenvalue weighted by Gasteiger charge is 2.35. The van der Waals surface area contributed by atoms with Gasteiger partial charge in [0.15, 0.2) is 0 Å². The lowest BCUT2D eigenvalue weighted by Gasteiger charge is -2.41. The summed E-state index contributed by atoms with van der Waals surface area (Å²) >= 11 is 0. The van der Waals surface area contributed by atoms with Crippen LogP contribution in [0, 0.1) is 11.3 Å². The minimum absolute atomic E-state index is 0.666. The molecule has 0 spiro atoms. The molecule has 0 aromatic heterocycles. The maximum atomic E-state index is 3.87. The Bertz CT molecular complexity index is 261. The molecule has 0 aliphatic heterocycles. The zero-order chi connectivity index (χ0) is 15.0. The van der Waals surface area contributed by atoms with Gasteiger partial charge in [-0.3, -0.25) is 0 Å². The number of unbranched alkanes of at least 4 members (excludes halogenated alkanes) is 4. The SMILES string of the molecule is CCCCCCC1(CNC2CC2)CCC(CCCC)CC1. The summed E-state index contributed by atoms with van der Waals surface area (Å²) in [6.45, 7) is 5.98. The van der Waals surface area contributed by atoms with E-state index in [2.05, 4.69) is 19.2 Å². The second-order valence-corrected chi connectivity index (χ2v) is 8.05. The largest absolute Gasteiger partial charge is 0.313 e. The third-order valence-corrected chi connectivity index (χ3v) is 6.04. The fourth-order valence-electron chi connectivity index (χ4n) is 4.16. The van der Waals surface area contributed by atoms with E-state index in [9.17, 15) is 0 Å². The van der Waals surface area contributed by atoms with Crippen LogP contribution in [-0.2, 0) is 0 Å². The normalized spacial score (nSPS) is 29.7. The smallest absolute Gasteiger partial charge is 0.00684 e. The van der Waals surface area contributed by atoms with Crippen LogP contribution in [0.5, 0.6) is 0 Å². The summed E-state index contributed by atoms with van der Waals surface area (Å²) < 4.78 is 0. The zero-order valence-corrected chi connectivity index (χ0v) is 14.8. The number of rotatable bonds is 11. The molecule has 2 saturated carbocycles. The number of hydrogen-bond acceptors (Lipinski definition) is 1. The van der Waals surface area contributed by atoms with Crippen LogP contribution < -0.4 is 5.32 Å². The number of nitrogens with one attached hydrogen (secondary N) is 1. The van der Waals surface area contributed by atoms with Crippen molar-refractivity contribution in [2.24, 2.45) is 11.3 Å². The molecule has 0 saturated heterocycles. The molecule has 0 radical (unpaired) electrons. The van der Waals surface area contributed by atoms with Crippen molar-refractivity contribution in [2.45, 2.75) is 110 Å². The van der Waals surface area contributed by atoms with Crippen molar-refractivity contribution in [3.8, 4) is 0 Å². The van der Waals surface area contributed by atoms with Crippen molar-refractivity contribution < 1.29 is 0 Å². The first-order valence-electron chi connectivity index (χ1n) is 10.0. The summed E-state index contributed by atoms with van der Waals surface area (Å²) in [5.74, 6) is 1.05. The van der Waals surface area contributed by atoms with Crippen molar-refractivity contribution in [1.29, 1.82) is 0 Å². The van der Waals surface area contributed by atoms with E-state index in [1.54, 1.807) is 0 Å². The summed E-state index contributed by atoms with van der Waals surface area (Å²) in [6, 6.07) is 0.885. The van der Waals surface area contributed by atoms with E-state index in [0.717, 1.165) is 12.0 Å². The predicted molar refractivity (Wildman–Crippen MR) is 93.7 cm³/mol. The second-order valence-electron chi connectivity index (χ2n) is 8.05. The van der Waals surface area contributed by atoms with Gasteiger partial charge in [-0.2, -0.15) is 0 Å². The molecule has 0 atom stereocenters. The maximum absolute atomic E-state index is 3.87. The lowest BCUT2D eigenvalue weighted by molar-refractivity contribution is 0.123. The van der Waals surface area contributed by atoms with Gasteiger partial charge in [-0.1, -0.05) is 58.8 Å². The molecule has 1 heteroatoms. The Balaban J connectivity index is 1.75. The molecule has 0 aromatic carbocycles. The summed E-state index contributed by atoms with van der Waals surface area (Å²) in [5.41, 5.74) is 0.666. The lowest BCUT2D eigenvalue weighted by atomic mass is 9.67. The van der Waals surface area contributed by atoms with Crippen LogP contribution in [0.4, 0.5) is 0 Å². The van der Waals surface area contributed by atoms with Gasteiger partial charge in [-0.25, -0.2) is 0 Å². The monoisotopic (exact) mass is 293 g/mol. The van der Waals surface area contributed by atoms with Crippen LogP contribution >= 0.6 is 0 Å². The van der Waals surface area contributed by atoms with Crippen LogP contribution in [0.1, 0.15) is 104 Å². The Morgan fingerprint density at radius 2 is 1.57 bits per heavy atom. The fourth-order valence-corrected chi connectivity index (χ4v) is 4.16. The van der Waals surface area contributed by atoms with Crippen LogP contribution in [-0.4, -0.2) is 12.6 Å². The highest BCUT2D eigenvalue weighted by molar-refractivity contribution is 4.91. The van der Waals surface area contributed by atoms with Gasteiger partial charge in [0.25, 0.3) is 0 Å². The molecule has 2 aliphatic carbocycles. The highest BCUT2D eigenvalue weighted by atomic mass is 15.0. The van der Waals surface area contributed by atoms with Crippen molar-refractivity contribution in [3.63, 3.8) is 0 Å². The summed E-state index contributed by atoms with van der Waals surface area (Å²) in [7, 11) is 0. The Hall–Kier alpha value is -0.0400. The van der Waals surface area contributed by atoms with Crippen LogP contribution in [0.15, 0.2) is 0 Å². The third kappa shape index (κ3) is 6.30. The molecule has 124 valence electrons. The van der Waals surface area contributed by atoms with Gasteiger partial charge in [-0.15, -0.1) is 0 Å². The quantitative estimate of drug-likeness (QED) is 0.455. The average molecular weight is 294 g/mol. The van der Waals surface area contributed by atoms with Crippen LogP contribution in [0.25, 0.3) is 0 Å². The molecule has 0 amide bonds. The molecule has 2 rings (SSSR count). The minimum Gasteiger partial charge on any atom is -0.313 e. The molecule has 0 heterocycles. The second kappa shape index (κ2) is 9.18. The first kappa shape index (κ1) is 17.3.